The third kappa shape index (κ3) is 2.38. The molecule has 0 aliphatic carbocycles. The number of hydrogen-bond donors (Lipinski definition) is 1. The summed E-state index contributed by atoms with van der Waals surface area (Å²) in [5, 5.41) is 0. The van der Waals surface area contributed by atoms with Crippen molar-refractivity contribution in [1.29, 1.82) is 0 Å². The average Bonchev–Trinajstić information content (AvgIpc) is 2.32. The Kier molecular flexibility index (Phi) is 4.13. The van der Waals surface area contributed by atoms with E-state index in [4.69, 9.17) is 5.73 Å². The molecule has 0 atom stereocenters. The minimum Gasteiger partial charge on any atom is -0.397 e. The Morgan fingerprint density at radius 3 is 2.61 bits per heavy atom. The molecule has 18 heavy (non-hydrogen) atoms. The molecule has 0 radical (unpaired) electrons. The number of likely N-dealkylation sites (N-methyl/N-ethyl adjacent to an activating group) is 1. The van der Waals surface area contributed by atoms with Gasteiger partial charge in [-0.2, -0.15) is 0 Å². The van der Waals surface area contributed by atoms with E-state index in [1.165, 1.54) is 6.07 Å². The molecule has 98 valence electrons. The van der Waals surface area contributed by atoms with Crippen LogP contribution in [-0.4, -0.2) is 25.2 Å². The lowest BCUT2D eigenvalue weighted by atomic mass is 10.2. The fourth-order valence-corrected chi connectivity index (χ4v) is 3.12. The first-order chi connectivity index (χ1) is 8.36. The van der Waals surface area contributed by atoms with Crippen molar-refractivity contribution in [2.45, 2.75) is 18.7 Å². The van der Waals surface area contributed by atoms with Crippen LogP contribution < -0.4 is 5.73 Å². The van der Waals surface area contributed by atoms with Gasteiger partial charge in [0.25, 0.3) is 15.9 Å². The average molecular weight is 268 g/mol. The summed E-state index contributed by atoms with van der Waals surface area (Å²) in [5.41, 5.74) is 6.57. The lowest BCUT2D eigenvalue weighted by Crippen LogP contribution is -2.35. The van der Waals surface area contributed by atoms with Gasteiger partial charge in [0.1, 0.15) is 4.90 Å². The van der Waals surface area contributed by atoms with Crippen LogP contribution in [0.2, 0.25) is 0 Å². The molecule has 0 aliphatic heterocycles. The molecule has 2 N–H and O–H groups in total. The van der Waals surface area contributed by atoms with E-state index in [-0.39, 0.29) is 17.1 Å². The summed E-state index contributed by atoms with van der Waals surface area (Å²) >= 11 is 0. The molecular weight excluding hydrogens is 252 g/mol. The highest BCUT2D eigenvalue weighted by atomic mass is 32.2. The first-order valence-electron chi connectivity index (χ1n) is 5.40. The number of para-hydroxylation sites is 1. The topological polar surface area (TPSA) is 80.5 Å². The summed E-state index contributed by atoms with van der Waals surface area (Å²) in [6.07, 6.45) is 0.965. The third-order valence-corrected chi connectivity index (χ3v) is 4.49. The lowest BCUT2D eigenvalue weighted by Gasteiger charge is -2.20. The summed E-state index contributed by atoms with van der Waals surface area (Å²) in [5.74, 6) is -0.668. The molecule has 0 fully saturated rings. The third-order valence-electron chi connectivity index (χ3n) is 2.56. The molecule has 0 aromatic heterocycles. The number of hydrogen-bond acceptors (Lipinski definition) is 4. The van der Waals surface area contributed by atoms with Gasteiger partial charge < -0.3 is 5.73 Å². The minimum atomic E-state index is -3.93. The highest BCUT2D eigenvalue weighted by Gasteiger charge is 2.28. The molecule has 5 nitrogen and oxygen atoms in total. The van der Waals surface area contributed by atoms with E-state index < -0.39 is 15.9 Å². The summed E-state index contributed by atoms with van der Waals surface area (Å²) < 4.78 is 25.4. The maximum Gasteiger partial charge on any atom is 0.268 e. The fraction of sp³-hybridized carbons (Fsp3) is 0.250. The van der Waals surface area contributed by atoms with Gasteiger partial charge in [-0.3, -0.25) is 4.79 Å². The number of nitrogens with two attached hydrogens (primary N) is 1. The molecule has 1 amide bonds. The van der Waals surface area contributed by atoms with Crippen molar-refractivity contribution in [2.75, 3.05) is 12.3 Å². The van der Waals surface area contributed by atoms with Gasteiger partial charge in [-0.05, 0) is 31.6 Å². The molecule has 6 heteroatoms. The molecule has 1 aromatic carbocycles. The van der Waals surface area contributed by atoms with Crippen LogP contribution in [-0.2, 0) is 14.8 Å². The SMILES string of the molecule is C=CC(=O)N(CC)S(=O)(=O)c1cccc(C)c1N. The maximum absolute atomic E-state index is 12.3. The van der Waals surface area contributed by atoms with Crippen LogP contribution in [0.5, 0.6) is 0 Å². The summed E-state index contributed by atoms with van der Waals surface area (Å²) in [7, 11) is -3.93. The van der Waals surface area contributed by atoms with Crippen LogP contribution in [0.1, 0.15) is 12.5 Å². The van der Waals surface area contributed by atoms with Gasteiger partial charge in [-0.1, -0.05) is 18.7 Å². The molecule has 0 aliphatic rings. The van der Waals surface area contributed by atoms with Crippen molar-refractivity contribution in [3.63, 3.8) is 0 Å². The van der Waals surface area contributed by atoms with Crippen LogP contribution in [0, 0.1) is 6.92 Å². The van der Waals surface area contributed by atoms with E-state index in [1.54, 1.807) is 26.0 Å². The Bertz CT molecular complexity index is 579. The van der Waals surface area contributed by atoms with Crippen molar-refractivity contribution < 1.29 is 13.2 Å². The number of amides is 1. The van der Waals surface area contributed by atoms with E-state index in [0.29, 0.717) is 5.56 Å². The number of aryl methyl sites for hydroxylation is 1. The number of carbonyl (C=O) groups is 1. The van der Waals surface area contributed by atoms with E-state index in [9.17, 15) is 13.2 Å². The Morgan fingerprint density at radius 2 is 2.11 bits per heavy atom. The van der Waals surface area contributed by atoms with Gasteiger partial charge in [0.15, 0.2) is 0 Å². The Balaban J connectivity index is 3.41. The van der Waals surface area contributed by atoms with E-state index in [1.807, 2.05) is 0 Å². The summed E-state index contributed by atoms with van der Waals surface area (Å²) in [4.78, 5) is 11.5. The normalized spacial score (nSPS) is 11.0. The molecule has 0 spiro atoms. The van der Waals surface area contributed by atoms with Crippen molar-refractivity contribution in [1.82, 2.24) is 4.31 Å². The van der Waals surface area contributed by atoms with Crippen molar-refractivity contribution in [3.05, 3.63) is 36.4 Å². The van der Waals surface area contributed by atoms with Crippen LogP contribution in [0.25, 0.3) is 0 Å². The van der Waals surface area contributed by atoms with Crippen LogP contribution in [0.15, 0.2) is 35.7 Å². The van der Waals surface area contributed by atoms with Crippen LogP contribution in [0.4, 0.5) is 5.69 Å². The predicted octanol–water partition coefficient (Wildman–Crippen LogP) is 1.30. The van der Waals surface area contributed by atoms with E-state index in [2.05, 4.69) is 6.58 Å². The largest absolute Gasteiger partial charge is 0.397 e. The second-order valence-corrected chi connectivity index (χ2v) is 5.53. The van der Waals surface area contributed by atoms with Crippen molar-refractivity contribution in [3.8, 4) is 0 Å². The lowest BCUT2D eigenvalue weighted by molar-refractivity contribution is -0.121. The van der Waals surface area contributed by atoms with Crippen molar-refractivity contribution in [2.24, 2.45) is 0 Å². The number of carbonyl (C=O) groups excluding carboxylic acids is 1. The molecule has 0 saturated carbocycles. The van der Waals surface area contributed by atoms with Gasteiger partial charge in [0.2, 0.25) is 0 Å². The van der Waals surface area contributed by atoms with Crippen molar-refractivity contribution >= 4 is 21.6 Å². The monoisotopic (exact) mass is 268 g/mol. The molecular formula is C12H16N2O3S. The number of nitrogen functional groups attached to an aromatic ring is 1. The molecule has 0 heterocycles. The Morgan fingerprint density at radius 1 is 1.50 bits per heavy atom. The molecule has 0 unspecified atom stereocenters. The molecule has 0 bridgehead atoms. The fourth-order valence-electron chi connectivity index (χ4n) is 1.54. The highest BCUT2D eigenvalue weighted by molar-refractivity contribution is 7.89. The van der Waals surface area contributed by atoms with E-state index >= 15 is 0 Å². The predicted molar refractivity (Wildman–Crippen MR) is 70.4 cm³/mol. The maximum atomic E-state index is 12.3. The summed E-state index contributed by atoms with van der Waals surface area (Å²) in [6.45, 7) is 6.60. The number of sulfonamides is 1. The first-order valence-corrected chi connectivity index (χ1v) is 6.84. The second kappa shape index (κ2) is 5.22. The molecule has 0 saturated heterocycles. The van der Waals surface area contributed by atoms with Gasteiger partial charge in [0.05, 0.1) is 5.69 Å². The number of benzene rings is 1. The second-order valence-electron chi connectivity index (χ2n) is 3.70. The van der Waals surface area contributed by atoms with Gasteiger partial charge in [-0.15, -0.1) is 0 Å². The smallest absolute Gasteiger partial charge is 0.268 e. The number of rotatable bonds is 4. The first kappa shape index (κ1) is 14.2. The summed E-state index contributed by atoms with van der Waals surface area (Å²) in [6, 6.07) is 4.68. The standard InChI is InChI=1S/C12H16N2O3S/c1-4-11(15)14(5-2)18(16,17)10-8-6-7-9(3)12(10)13/h4,6-8H,1,5,13H2,2-3H3. The zero-order valence-electron chi connectivity index (χ0n) is 10.4. The number of nitrogens with zero attached hydrogens (tertiary/aromatic N) is 1. The Labute approximate surface area is 107 Å². The van der Waals surface area contributed by atoms with Crippen LogP contribution in [0.3, 0.4) is 0 Å². The van der Waals surface area contributed by atoms with Crippen LogP contribution >= 0.6 is 0 Å². The zero-order valence-corrected chi connectivity index (χ0v) is 11.2. The van der Waals surface area contributed by atoms with Gasteiger partial charge in [0, 0.05) is 6.54 Å². The Hall–Kier alpha value is -1.82. The van der Waals surface area contributed by atoms with Gasteiger partial charge in [-0.25, -0.2) is 12.7 Å². The quantitative estimate of drug-likeness (QED) is 0.659. The highest BCUT2D eigenvalue weighted by Crippen LogP contribution is 2.25. The minimum absolute atomic E-state index is 0.0283. The van der Waals surface area contributed by atoms with Gasteiger partial charge >= 0.3 is 0 Å². The zero-order chi connectivity index (χ0) is 13.9. The van der Waals surface area contributed by atoms with E-state index in [0.717, 1.165) is 10.4 Å². The molecule has 1 rings (SSSR count). The number of anilines is 1. The molecule has 1 aromatic rings.